The average Bonchev–Trinajstić information content (AvgIpc) is 3.12. The molecule has 28 heavy (non-hydrogen) atoms. The van der Waals surface area contributed by atoms with Gasteiger partial charge in [-0.1, -0.05) is 11.6 Å². The van der Waals surface area contributed by atoms with E-state index in [4.69, 9.17) is 4.52 Å². The zero-order valence-corrected chi connectivity index (χ0v) is 16.4. The summed E-state index contributed by atoms with van der Waals surface area (Å²) in [6.45, 7) is 6.51. The summed E-state index contributed by atoms with van der Waals surface area (Å²) >= 11 is 0. The number of aromatic nitrogens is 3. The maximum absolute atomic E-state index is 13.3. The third-order valence-corrected chi connectivity index (χ3v) is 5.65. The summed E-state index contributed by atoms with van der Waals surface area (Å²) in [6.07, 6.45) is 6.39. The van der Waals surface area contributed by atoms with E-state index in [1.807, 2.05) is 0 Å². The van der Waals surface area contributed by atoms with Gasteiger partial charge in [-0.2, -0.15) is 4.98 Å². The van der Waals surface area contributed by atoms with E-state index in [1.165, 1.54) is 37.7 Å². The molecule has 7 heteroatoms. The van der Waals surface area contributed by atoms with Gasteiger partial charge in [0.1, 0.15) is 29.0 Å². The van der Waals surface area contributed by atoms with E-state index in [-0.39, 0.29) is 5.82 Å². The first-order chi connectivity index (χ1) is 13.6. The predicted molar refractivity (Wildman–Crippen MR) is 108 cm³/mol. The highest BCUT2D eigenvalue weighted by molar-refractivity contribution is 5.97. The Morgan fingerprint density at radius 2 is 1.89 bits per heavy atom. The monoisotopic (exact) mass is 383 g/mol. The van der Waals surface area contributed by atoms with Crippen LogP contribution in [0.2, 0.25) is 0 Å². The Morgan fingerprint density at radius 3 is 2.64 bits per heavy atom. The van der Waals surface area contributed by atoms with Crippen molar-refractivity contribution in [1.82, 2.24) is 20.0 Å². The third kappa shape index (κ3) is 3.85. The Hall–Kier alpha value is -2.54. The van der Waals surface area contributed by atoms with Crippen molar-refractivity contribution in [2.75, 3.05) is 18.4 Å². The van der Waals surface area contributed by atoms with E-state index in [9.17, 15) is 4.39 Å². The second-order valence-corrected chi connectivity index (χ2v) is 7.59. The van der Waals surface area contributed by atoms with Gasteiger partial charge in [-0.05, 0) is 57.4 Å². The lowest BCUT2D eigenvalue weighted by Gasteiger charge is -2.39. The van der Waals surface area contributed by atoms with Crippen LogP contribution in [0.5, 0.6) is 0 Å². The second kappa shape index (κ2) is 8.22. The van der Waals surface area contributed by atoms with Crippen LogP contribution in [0.1, 0.15) is 39.5 Å². The molecule has 1 aromatic carbocycles. The molecule has 148 valence electrons. The Bertz CT molecular complexity index is 916. The molecule has 1 saturated heterocycles. The lowest BCUT2D eigenvalue weighted by molar-refractivity contribution is 0.103. The maximum Gasteiger partial charge on any atom is 0.263 e. The minimum absolute atomic E-state index is 0.285. The van der Waals surface area contributed by atoms with Crippen LogP contribution in [0.15, 0.2) is 35.1 Å². The molecule has 0 radical (unpaired) electrons. The topological polar surface area (TPSA) is 67.1 Å². The lowest BCUT2D eigenvalue weighted by Crippen LogP contribution is -2.44. The van der Waals surface area contributed by atoms with Crippen LogP contribution >= 0.6 is 0 Å². The van der Waals surface area contributed by atoms with Crippen LogP contribution < -0.4 is 5.32 Å². The van der Waals surface area contributed by atoms with Crippen molar-refractivity contribution < 1.29 is 8.91 Å². The van der Waals surface area contributed by atoms with Gasteiger partial charge in [0, 0.05) is 30.7 Å². The van der Waals surface area contributed by atoms with Gasteiger partial charge < -0.3 is 9.84 Å². The second-order valence-electron chi connectivity index (χ2n) is 7.59. The highest BCUT2D eigenvalue weighted by atomic mass is 19.1. The Morgan fingerprint density at radius 1 is 1.14 bits per heavy atom. The number of nitrogens with one attached hydrogen (secondary N) is 1. The predicted octanol–water partition coefficient (Wildman–Crippen LogP) is 4.49. The molecule has 6 nitrogen and oxygen atoms in total. The third-order valence-electron chi connectivity index (χ3n) is 5.65. The number of anilines is 1. The summed E-state index contributed by atoms with van der Waals surface area (Å²) in [5, 5.41) is 8.27. The Kier molecular flexibility index (Phi) is 5.52. The lowest BCUT2D eigenvalue weighted by atomic mass is 9.97. The van der Waals surface area contributed by atoms with Gasteiger partial charge in [-0.3, -0.25) is 4.90 Å². The van der Waals surface area contributed by atoms with Gasteiger partial charge in [0.15, 0.2) is 0 Å². The molecule has 0 amide bonds. The van der Waals surface area contributed by atoms with Crippen molar-refractivity contribution in [1.29, 1.82) is 0 Å². The van der Waals surface area contributed by atoms with E-state index in [0.717, 1.165) is 30.5 Å². The van der Waals surface area contributed by atoms with Gasteiger partial charge in [0.2, 0.25) is 0 Å². The molecular formula is C21H26FN5O. The first-order valence-corrected chi connectivity index (χ1v) is 9.99. The number of hydrogen-bond acceptors (Lipinski definition) is 6. The highest BCUT2D eigenvalue weighted by Gasteiger charge is 2.24. The number of likely N-dealkylation sites (tertiary alicyclic amines) is 1. The highest BCUT2D eigenvalue weighted by Crippen LogP contribution is 2.31. The van der Waals surface area contributed by atoms with Crippen LogP contribution in [-0.2, 0) is 0 Å². The minimum Gasteiger partial charge on any atom is -0.369 e. The van der Waals surface area contributed by atoms with Crippen molar-refractivity contribution in [2.45, 2.75) is 51.6 Å². The molecule has 0 aliphatic carbocycles. The molecule has 0 saturated carbocycles. The molecular weight excluding hydrogens is 357 g/mol. The van der Waals surface area contributed by atoms with Crippen LogP contribution in [0, 0.1) is 5.82 Å². The summed E-state index contributed by atoms with van der Waals surface area (Å²) in [5.41, 5.74) is 1.82. The molecule has 2 aromatic heterocycles. The Balaban J connectivity index is 1.47. The van der Waals surface area contributed by atoms with Crippen molar-refractivity contribution in [3.05, 3.63) is 36.4 Å². The molecule has 1 N–H and O–H groups in total. The fourth-order valence-electron chi connectivity index (χ4n) is 4.11. The number of fused-ring (bicyclic) bond motifs is 1. The number of benzene rings is 1. The van der Waals surface area contributed by atoms with Crippen LogP contribution in [0.25, 0.3) is 22.4 Å². The minimum atomic E-state index is -0.285. The molecule has 0 unspecified atom stereocenters. The van der Waals surface area contributed by atoms with E-state index in [0.29, 0.717) is 29.3 Å². The molecule has 0 spiro atoms. The summed E-state index contributed by atoms with van der Waals surface area (Å²) in [5.74, 6) is 0.414. The normalized spacial score (nSPS) is 20.5. The van der Waals surface area contributed by atoms with Gasteiger partial charge in [0.25, 0.3) is 5.71 Å². The zero-order chi connectivity index (χ0) is 19.5. The maximum atomic E-state index is 13.3. The molecule has 4 rings (SSSR count). The van der Waals surface area contributed by atoms with Gasteiger partial charge in [0.05, 0.1) is 0 Å². The molecule has 1 aliphatic rings. The van der Waals surface area contributed by atoms with Gasteiger partial charge >= 0.3 is 0 Å². The van der Waals surface area contributed by atoms with Crippen LogP contribution in [0.3, 0.4) is 0 Å². The van der Waals surface area contributed by atoms with Crippen LogP contribution in [0.4, 0.5) is 10.2 Å². The number of halogens is 1. The average molecular weight is 383 g/mol. The fraction of sp³-hybridized carbons (Fsp3) is 0.476. The molecule has 1 fully saturated rings. The summed E-state index contributed by atoms with van der Waals surface area (Å²) in [6, 6.07) is 7.49. The number of rotatable bonds is 6. The molecule has 3 aromatic rings. The van der Waals surface area contributed by atoms with Crippen LogP contribution in [-0.4, -0.2) is 45.2 Å². The number of piperidine rings is 1. The summed E-state index contributed by atoms with van der Waals surface area (Å²) < 4.78 is 18.6. The summed E-state index contributed by atoms with van der Waals surface area (Å²) in [7, 11) is 0. The van der Waals surface area contributed by atoms with Crippen molar-refractivity contribution in [2.24, 2.45) is 0 Å². The van der Waals surface area contributed by atoms with Crippen molar-refractivity contribution in [3.63, 3.8) is 0 Å². The van der Waals surface area contributed by atoms with E-state index in [2.05, 4.69) is 39.2 Å². The molecule has 3 heterocycles. The fourth-order valence-corrected chi connectivity index (χ4v) is 4.11. The van der Waals surface area contributed by atoms with Crippen molar-refractivity contribution >= 4 is 16.9 Å². The molecule has 2 atom stereocenters. The number of hydrogen-bond donors (Lipinski definition) is 1. The quantitative estimate of drug-likeness (QED) is 0.633. The van der Waals surface area contributed by atoms with Crippen molar-refractivity contribution in [3.8, 4) is 11.3 Å². The molecule has 0 bridgehead atoms. The smallest absolute Gasteiger partial charge is 0.263 e. The van der Waals surface area contributed by atoms with E-state index < -0.39 is 0 Å². The standard InChI is InChI=1S/C21H26FN5O/c1-14-5-3-6-15(2)27(14)12-4-11-23-20-18-19(16-7-9-17(22)10-8-16)26-28-21(18)25-13-24-20/h7-10,13-15H,3-6,11-12H2,1-2H3,(H,23,24,25)/t14-,15+. The molecule has 1 aliphatic heterocycles. The summed E-state index contributed by atoms with van der Waals surface area (Å²) in [4.78, 5) is 11.2. The first-order valence-electron chi connectivity index (χ1n) is 9.99. The Labute approximate surface area is 164 Å². The van der Waals surface area contributed by atoms with Gasteiger partial charge in [-0.25, -0.2) is 9.37 Å². The SMILES string of the molecule is C[C@@H]1CCC[C@H](C)N1CCCNc1ncnc2onc(-c3ccc(F)cc3)c12. The zero-order valence-electron chi connectivity index (χ0n) is 16.4. The van der Waals surface area contributed by atoms with E-state index >= 15 is 0 Å². The van der Waals surface area contributed by atoms with E-state index in [1.54, 1.807) is 12.1 Å². The first kappa shape index (κ1) is 18.8. The van der Waals surface area contributed by atoms with Gasteiger partial charge in [-0.15, -0.1) is 0 Å². The number of nitrogens with zero attached hydrogens (tertiary/aromatic N) is 4. The largest absolute Gasteiger partial charge is 0.369 e.